The number of H-pyrrole nitrogens is 1. The van der Waals surface area contributed by atoms with Crippen molar-refractivity contribution in [3.63, 3.8) is 0 Å². The zero-order chi connectivity index (χ0) is 18.7. The van der Waals surface area contributed by atoms with E-state index in [1.807, 2.05) is 11.0 Å². The Morgan fingerprint density at radius 1 is 1.07 bits per heavy atom. The van der Waals surface area contributed by atoms with Gasteiger partial charge >= 0.3 is 5.69 Å². The number of piperidine rings is 1. The van der Waals surface area contributed by atoms with Gasteiger partial charge in [0.15, 0.2) is 0 Å². The minimum Gasteiger partial charge on any atom is -0.345 e. The van der Waals surface area contributed by atoms with Crippen molar-refractivity contribution in [3.05, 3.63) is 39.3 Å². The Bertz CT molecular complexity index is 936. The molecule has 1 N–H and O–H groups in total. The van der Waals surface area contributed by atoms with Gasteiger partial charge < -0.3 is 9.47 Å². The summed E-state index contributed by atoms with van der Waals surface area (Å²) in [6.45, 7) is 5.51. The van der Waals surface area contributed by atoms with Gasteiger partial charge in [-0.05, 0) is 58.4 Å². The number of hydrogen-bond acceptors (Lipinski definition) is 3. The molecule has 0 aromatic carbocycles. The number of aryl methyl sites for hydroxylation is 1. The highest BCUT2D eigenvalue weighted by atomic mass is 16.2. The summed E-state index contributed by atoms with van der Waals surface area (Å²) < 4.78 is 3.94. The zero-order valence-electron chi connectivity index (χ0n) is 16.1. The Balaban J connectivity index is 1.28. The molecule has 3 aliphatic rings. The van der Waals surface area contributed by atoms with Gasteiger partial charge in [0, 0.05) is 36.4 Å². The molecule has 1 saturated heterocycles. The average Bonchev–Trinajstić information content (AvgIpc) is 3.58. The van der Waals surface area contributed by atoms with Gasteiger partial charge in [-0.1, -0.05) is 0 Å². The van der Waals surface area contributed by atoms with Crippen molar-refractivity contribution in [2.24, 2.45) is 0 Å². The van der Waals surface area contributed by atoms with Gasteiger partial charge in [-0.15, -0.1) is 0 Å². The molecule has 7 heteroatoms. The lowest BCUT2D eigenvalue weighted by Gasteiger charge is -2.31. The third-order valence-electron chi connectivity index (χ3n) is 6.35. The Kier molecular flexibility index (Phi) is 3.81. The first-order chi connectivity index (χ1) is 13.0. The van der Waals surface area contributed by atoms with E-state index in [0.717, 1.165) is 42.8 Å². The van der Waals surface area contributed by atoms with E-state index < -0.39 is 0 Å². The molecule has 2 aromatic heterocycles. The van der Waals surface area contributed by atoms with Crippen LogP contribution in [-0.2, 0) is 0 Å². The molecule has 2 aliphatic carbocycles. The van der Waals surface area contributed by atoms with Crippen LogP contribution in [0.1, 0.15) is 84.1 Å². The fraction of sp³-hybridized carbons (Fsp3) is 0.650. The minimum atomic E-state index is -0.102. The number of carbonyl (C=O) groups excluding carboxylic acids is 1. The number of aromatic nitrogens is 4. The first kappa shape index (κ1) is 16.8. The van der Waals surface area contributed by atoms with Gasteiger partial charge in [-0.2, -0.15) is 5.10 Å². The van der Waals surface area contributed by atoms with Crippen LogP contribution < -0.4 is 5.69 Å². The fourth-order valence-corrected chi connectivity index (χ4v) is 4.51. The first-order valence-electron chi connectivity index (χ1n) is 10.2. The maximum absolute atomic E-state index is 13.1. The number of amides is 1. The second-order valence-electron chi connectivity index (χ2n) is 8.44. The molecule has 3 fully saturated rings. The summed E-state index contributed by atoms with van der Waals surface area (Å²) in [5.74, 6) is 1.41. The predicted molar refractivity (Wildman–Crippen MR) is 101 cm³/mol. The van der Waals surface area contributed by atoms with E-state index >= 15 is 0 Å². The van der Waals surface area contributed by atoms with E-state index in [9.17, 15) is 9.59 Å². The lowest BCUT2D eigenvalue weighted by atomic mass is 10.0. The van der Waals surface area contributed by atoms with Crippen LogP contribution in [0.5, 0.6) is 0 Å². The van der Waals surface area contributed by atoms with Crippen LogP contribution in [0.25, 0.3) is 0 Å². The Labute approximate surface area is 158 Å². The smallest absolute Gasteiger partial charge is 0.343 e. The zero-order valence-corrected chi connectivity index (χ0v) is 16.1. The molecule has 0 unspecified atom stereocenters. The van der Waals surface area contributed by atoms with Gasteiger partial charge in [0.2, 0.25) is 0 Å². The van der Waals surface area contributed by atoms with Crippen molar-refractivity contribution in [1.82, 2.24) is 24.2 Å². The van der Waals surface area contributed by atoms with E-state index in [4.69, 9.17) is 0 Å². The Morgan fingerprint density at radius 3 is 2.41 bits per heavy atom. The molecule has 27 heavy (non-hydrogen) atoms. The van der Waals surface area contributed by atoms with E-state index in [1.54, 1.807) is 4.68 Å². The Morgan fingerprint density at radius 2 is 1.78 bits per heavy atom. The third kappa shape index (κ3) is 2.93. The van der Waals surface area contributed by atoms with Crippen molar-refractivity contribution >= 4 is 5.91 Å². The number of nitrogens with zero attached hydrogens (tertiary/aromatic N) is 4. The van der Waals surface area contributed by atoms with E-state index in [-0.39, 0.29) is 17.6 Å². The molecule has 0 spiro atoms. The number of likely N-dealkylation sites (tertiary alicyclic amines) is 1. The third-order valence-corrected chi connectivity index (χ3v) is 6.35. The van der Waals surface area contributed by atoms with Crippen molar-refractivity contribution in [1.29, 1.82) is 0 Å². The molecule has 5 rings (SSSR count). The summed E-state index contributed by atoms with van der Waals surface area (Å²) in [4.78, 5) is 30.1. The van der Waals surface area contributed by atoms with Crippen molar-refractivity contribution in [2.45, 2.75) is 70.4 Å². The fourth-order valence-electron chi connectivity index (χ4n) is 4.51. The quantitative estimate of drug-likeness (QED) is 0.900. The molecule has 0 bridgehead atoms. The largest absolute Gasteiger partial charge is 0.345 e. The highest BCUT2D eigenvalue weighted by Crippen LogP contribution is 2.39. The molecular weight excluding hydrogens is 342 g/mol. The van der Waals surface area contributed by atoms with Crippen molar-refractivity contribution in [3.8, 4) is 0 Å². The summed E-state index contributed by atoms with van der Waals surface area (Å²) in [6, 6.07) is 2.72. The molecule has 2 aromatic rings. The topological polar surface area (TPSA) is 75.9 Å². The van der Waals surface area contributed by atoms with Crippen LogP contribution >= 0.6 is 0 Å². The molecule has 2 saturated carbocycles. The molecular formula is C20H27N5O2. The molecule has 7 nitrogen and oxygen atoms in total. The Hall–Kier alpha value is -2.31. The molecule has 0 radical (unpaired) electrons. The van der Waals surface area contributed by atoms with Crippen LogP contribution in [-0.4, -0.2) is 43.2 Å². The maximum atomic E-state index is 13.1. The van der Waals surface area contributed by atoms with Gasteiger partial charge in [-0.3, -0.25) is 9.78 Å². The lowest BCUT2D eigenvalue weighted by molar-refractivity contribution is 0.0687. The normalized spacial score (nSPS) is 21.0. The van der Waals surface area contributed by atoms with Gasteiger partial charge in [0.05, 0.1) is 11.6 Å². The van der Waals surface area contributed by atoms with Crippen LogP contribution in [0.15, 0.2) is 10.9 Å². The highest BCUT2D eigenvalue weighted by Gasteiger charge is 2.33. The number of hydrogen-bond donors (Lipinski definition) is 1. The van der Waals surface area contributed by atoms with Crippen LogP contribution in [0, 0.1) is 13.8 Å². The SMILES string of the molecule is Cc1cc(C(=O)N2CCC(n3nc(C4CC4)[nH]c3=O)CC2)c(C)n1C1CC1. The summed E-state index contributed by atoms with van der Waals surface area (Å²) in [7, 11) is 0. The number of nitrogens with one attached hydrogen (secondary N) is 1. The lowest BCUT2D eigenvalue weighted by Crippen LogP contribution is -2.41. The second kappa shape index (κ2) is 6.11. The molecule has 144 valence electrons. The number of aromatic amines is 1. The monoisotopic (exact) mass is 369 g/mol. The van der Waals surface area contributed by atoms with E-state index in [2.05, 4.69) is 28.5 Å². The van der Waals surface area contributed by atoms with Crippen molar-refractivity contribution < 1.29 is 4.79 Å². The molecule has 1 aliphatic heterocycles. The van der Waals surface area contributed by atoms with E-state index in [0.29, 0.717) is 25.0 Å². The second-order valence-corrected chi connectivity index (χ2v) is 8.44. The number of rotatable bonds is 4. The summed E-state index contributed by atoms with van der Waals surface area (Å²) in [5.41, 5.74) is 3.02. The van der Waals surface area contributed by atoms with Crippen LogP contribution in [0.4, 0.5) is 0 Å². The summed E-state index contributed by atoms with van der Waals surface area (Å²) in [5, 5.41) is 4.52. The predicted octanol–water partition coefficient (Wildman–Crippen LogP) is 2.68. The molecule has 1 amide bonds. The molecule has 3 heterocycles. The maximum Gasteiger partial charge on any atom is 0.343 e. The summed E-state index contributed by atoms with van der Waals surface area (Å²) in [6.07, 6.45) is 6.25. The number of carbonyl (C=O) groups is 1. The minimum absolute atomic E-state index is 0.0872. The standard InChI is InChI=1S/C20H27N5O2/c1-12-11-17(13(2)24(12)15-5-6-15)19(26)23-9-7-16(8-10-23)25-20(27)21-18(22-25)14-3-4-14/h11,14-16H,3-10H2,1-2H3,(H,21,22,27). The van der Waals surface area contributed by atoms with Crippen molar-refractivity contribution in [2.75, 3.05) is 13.1 Å². The first-order valence-corrected chi connectivity index (χ1v) is 10.2. The van der Waals surface area contributed by atoms with Gasteiger partial charge in [-0.25, -0.2) is 9.48 Å². The summed E-state index contributed by atoms with van der Waals surface area (Å²) >= 11 is 0. The highest BCUT2D eigenvalue weighted by molar-refractivity contribution is 5.95. The van der Waals surface area contributed by atoms with Crippen LogP contribution in [0.3, 0.4) is 0 Å². The average molecular weight is 369 g/mol. The van der Waals surface area contributed by atoms with Gasteiger partial charge in [0.1, 0.15) is 5.82 Å². The molecule has 0 atom stereocenters. The van der Waals surface area contributed by atoms with E-state index in [1.165, 1.54) is 18.5 Å². The van der Waals surface area contributed by atoms with Gasteiger partial charge in [0.25, 0.3) is 5.91 Å². The van der Waals surface area contributed by atoms with Crippen LogP contribution in [0.2, 0.25) is 0 Å².